The molecule has 0 atom stereocenters. The van der Waals surface area contributed by atoms with Crippen LogP contribution in [0.25, 0.3) is 0 Å². The Kier molecular flexibility index (Phi) is 2.28. The third-order valence-corrected chi connectivity index (χ3v) is 2.70. The first-order valence-electron chi connectivity index (χ1n) is 5.06. The average Bonchev–Trinajstić information content (AvgIpc) is 2.16. The van der Waals surface area contributed by atoms with E-state index in [2.05, 4.69) is 36.8 Å². The van der Waals surface area contributed by atoms with Crippen LogP contribution >= 0.6 is 0 Å². The Bertz CT molecular complexity index is 367. The summed E-state index contributed by atoms with van der Waals surface area (Å²) in [7, 11) is 0. The third kappa shape index (κ3) is 1.52. The fourth-order valence-electron chi connectivity index (χ4n) is 1.93. The van der Waals surface area contributed by atoms with E-state index in [4.69, 9.17) is 0 Å². The molecule has 1 aliphatic heterocycles. The van der Waals surface area contributed by atoms with E-state index < -0.39 is 0 Å². The summed E-state index contributed by atoms with van der Waals surface area (Å²) in [4.78, 5) is 4.41. The lowest BCUT2D eigenvalue weighted by Crippen LogP contribution is -2.23. The van der Waals surface area contributed by atoms with E-state index in [1.165, 1.54) is 16.8 Å². The maximum Gasteiger partial charge on any atom is 0.0514 e. The summed E-state index contributed by atoms with van der Waals surface area (Å²) in [5.41, 5.74) is 5.05. The maximum absolute atomic E-state index is 4.41. The molecule has 1 aromatic rings. The van der Waals surface area contributed by atoms with Crippen molar-refractivity contribution in [1.29, 1.82) is 0 Å². The van der Waals surface area contributed by atoms with Crippen molar-refractivity contribution in [3.63, 3.8) is 0 Å². The molecule has 0 fully saturated rings. The summed E-state index contributed by atoms with van der Waals surface area (Å²) in [6.07, 6.45) is 2.78. The van der Waals surface area contributed by atoms with E-state index in [1.807, 2.05) is 6.20 Å². The van der Waals surface area contributed by atoms with Gasteiger partial charge in [0, 0.05) is 24.9 Å². The zero-order valence-corrected chi connectivity index (χ0v) is 8.80. The van der Waals surface area contributed by atoms with Crippen molar-refractivity contribution in [2.75, 3.05) is 0 Å². The lowest BCUT2D eigenvalue weighted by atomic mass is 9.93. The lowest BCUT2D eigenvalue weighted by molar-refractivity contribution is 0.696. The standard InChI is InChI=1S/C12H16N2/c1-8(2)10-4-5-13-12-6-9(3)14-7-11(10)12/h4-5,8,14H,3,6-7H2,1-2H3. The van der Waals surface area contributed by atoms with Crippen LogP contribution in [-0.4, -0.2) is 4.98 Å². The molecule has 2 heteroatoms. The molecule has 2 nitrogen and oxygen atoms in total. The van der Waals surface area contributed by atoms with E-state index in [-0.39, 0.29) is 0 Å². The molecule has 0 radical (unpaired) electrons. The Morgan fingerprint density at radius 1 is 1.50 bits per heavy atom. The minimum absolute atomic E-state index is 0.569. The topological polar surface area (TPSA) is 24.9 Å². The monoisotopic (exact) mass is 188 g/mol. The number of hydrogen-bond acceptors (Lipinski definition) is 2. The molecule has 0 saturated heterocycles. The van der Waals surface area contributed by atoms with Crippen LogP contribution in [0, 0.1) is 0 Å². The van der Waals surface area contributed by atoms with Gasteiger partial charge in [0.1, 0.15) is 0 Å². The largest absolute Gasteiger partial charge is 0.384 e. The number of aromatic nitrogens is 1. The van der Waals surface area contributed by atoms with Gasteiger partial charge in [-0.1, -0.05) is 20.4 Å². The predicted octanol–water partition coefficient (Wildman–Crippen LogP) is 2.36. The third-order valence-electron chi connectivity index (χ3n) is 2.70. The SMILES string of the molecule is C=C1Cc2nccc(C(C)C)c2CN1. The Hall–Kier alpha value is -1.31. The van der Waals surface area contributed by atoms with Crippen LogP contribution in [0.4, 0.5) is 0 Å². The van der Waals surface area contributed by atoms with Gasteiger partial charge in [0.25, 0.3) is 0 Å². The van der Waals surface area contributed by atoms with Crippen molar-refractivity contribution < 1.29 is 0 Å². The van der Waals surface area contributed by atoms with Crippen molar-refractivity contribution in [3.8, 4) is 0 Å². The molecule has 0 unspecified atom stereocenters. The van der Waals surface area contributed by atoms with E-state index in [0.29, 0.717) is 5.92 Å². The highest BCUT2D eigenvalue weighted by molar-refractivity contribution is 5.36. The number of nitrogens with zero attached hydrogens (tertiary/aromatic N) is 1. The molecule has 0 spiro atoms. The normalized spacial score (nSPS) is 15.2. The Labute approximate surface area is 85.1 Å². The predicted molar refractivity (Wildman–Crippen MR) is 58.0 cm³/mol. The molecular weight excluding hydrogens is 172 g/mol. The fourth-order valence-corrected chi connectivity index (χ4v) is 1.93. The smallest absolute Gasteiger partial charge is 0.0514 e. The van der Waals surface area contributed by atoms with Gasteiger partial charge < -0.3 is 5.32 Å². The first-order chi connectivity index (χ1) is 6.68. The minimum atomic E-state index is 0.569. The number of allylic oxidation sites excluding steroid dienone is 1. The van der Waals surface area contributed by atoms with Crippen molar-refractivity contribution in [3.05, 3.63) is 41.4 Å². The number of hydrogen-bond donors (Lipinski definition) is 1. The Balaban J connectivity index is 2.46. The van der Waals surface area contributed by atoms with E-state index >= 15 is 0 Å². The van der Waals surface area contributed by atoms with Gasteiger partial charge >= 0.3 is 0 Å². The van der Waals surface area contributed by atoms with Crippen LogP contribution in [-0.2, 0) is 13.0 Å². The van der Waals surface area contributed by atoms with Crippen LogP contribution in [0.3, 0.4) is 0 Å². The van der Waals surface area contributed by atoms with Crippen LogP contribution in [0.5, 0.6) is 0 Å². The summed E-state index contributed by atoms with van der Waals surface area (Å²) >= 11 is 0. The van der Waals surface area contributed by atoms with Crippen LogP contribution in [0.2, 0.25) is 0 Å². The molecule has 74 valence electrons. The fraction of sp³-hybridized carbons (Fsp3) is 0.417. The van der Waals surface area contributed by atoms with Crippen LogP contribution in [0.1, 0.15) is 36.6 Å². The van der Waals surface area contributed by atoms with Gasteiger partial charge in [0.05, 0.1) is 5.69 Å². The van der Waals surface area contributed by atoms with E-state index in [9.17, 15) is 0 Å². The molecule has 1 N–H and O–H groups in total. The van der Waals surface area contributed by atoms with Crippen molar-refractivity contribution in [2.24, 2.45) is 0 Å². The van der Waals surface area contributed by atoms with Gasteiger partial charge in [-0.2, -0.15) is 0 Å². The van der Waals surface area contributed by atoms with Gasteiger partial charge in [0.2, 0.25) is 0 Å². The van der Waals surface area contributed by atoms with Gasteiger partial charge in [-0.25, -0.2) is 0 Å². The summed E-state index contributed by atoms with van der Waals surface area (Å²) in [6, 6.07) is 2.12. The number of rotatable bonds is 1. The number of pyridine rings is 1. The van der Waals surface area contributed by atoms with Crippen molar-refractivity contribution in [2.45, 2.75) is 32.7 Å². The highest BCUT2D eigenvalue weighted by atomic mass is 14.9. The average molecular weight is 188 g/mol. The molecule has 2 rings (SSSR count). The molecular formula is C12H16N2. The molecule has 0 amide bonds. The molecule has 2 heterocycles. The second kappa shape index (κ2) is 3.45. The zero-order valence-electron chi connectivity index (χ0n) is 8.80. The van der Waals surface area contributed by atoms with E-state index in [1.54, 1.807) is 0 Å². The molecule has 0 aliphatic carbocycles. The summed E-state index contributed by atoms with van der Waals surface area (Å²) in [5.74, 6) is 0.569. The number of fused-ring (bicyclic) bond motifs is 1. The summed E-state index contributed by atoms with van der Waals surface area (Å²) in [5, 5.41) is 3.30. The summed E-state index contributed by atoms with van der Waals surface area (Å²) in [6.45, 7) is 9.26. The van der Waals surface area contributed by atoms with Crippen molar-refractivity contribution >= 4 is 0 Å². The van der Waals surface area contributed by atoms with Crippen molar-refractivity contribution in [1.82, 2.24) is 10.3 Å². The first-order valence-corrected chi connectivity index (χ1v) is 5.06. The van der Waals surface area contributed by atoms with Gasteiger partial charge in [-0.3, -0.25) is 4.98 Å². The second-order valence-corrected chi connectivity index (χ2v) is 4.11. The molecule has 0 saturated carbocycles. The molecule has 0 bridgehead atoms. The highest BCUT2D eigenvalue weighted by Gasteiger charge is 2.16. The quantitative estimate of drug-likeness (QED) is 0.731. The van der Waals surface area contributed by atoms with Crippen LogP contribution in [0.15, 0.2) is 24.5 Å². The van der Waals surface area contributed by atoms with Gasteiger partial charge in [-0.05, 0) is 23.1 Å². The highest BCUT2D eigenvalue weighted by Crippen LogP contribution is 2.24. The second-order valence-electron chi connectivity index (χ2n) is 4.11. The van der Waals surface area contributed by atoms with E-state index in [0.717, 1.165) is 18.7 Å². The number of nitrogens with one attached hydrogen (secondary N) is 1. The summed E-state index contributed by atoms with van der Waals surface area (Å²) < 4.78 is 0. The maximum atomic E-state index is 4.41. The molecule has 1 aliphatic rings. The zero-order chi connectivity index (χ0) is 10.1. The molecule has 0 aromatic carbocycles. The first kappa shape index (κ1) is 9.25. The van der Waals surface area contributed by atoms with Gasteiger partial charge in [0.15, 0.2) is 0 Å². The van der Waals surface area contributed by atoms with Gasteiger partial charge in [-0.15, -0.1) is 0 Å². The van der Waals surface area contributed by atoms with Crippen LogP contribution < -0.4 is 5.32 Å². The Morgan fingerprint density at radius 2 is 2.29 bits per heavy atom. The lowest BCUT2D eigenvalue weighted by Gasteiger charge is -2.23. The minimum Gasteiger partial charge on any atom is -0.384 e. The Morgan fingerprint density at radius 3 is 3.00 bits per heavy atom. The molecule has 14 heavy (non-hydrogen) atoms. The molecule has 1 aromatic heterocycles.